The highest BCUT2D eigenvalue weighted by molar-refractivity contribution is 5.98. The smallest absolute Gasteiger partial charge is 0.252 e. The molecule has 0 aliphatic heterocycles. The van der Waals surface area contributed by atoms with E-state index in [1.165, 1.54) is 0 Å². The first-order valence-corrected chi connectivity index (χ1v) is 6.76. The van der Waals surface area contributed by atoms with Crippen LogP contribution in [-0.4, -0.2) is 49.5 Å². The molecule has 0 radical (unpaired) electrons. The molecule has 0 aliphatic carbocycles. The van der Waals surface area contributed by atoms with Gasteiger partial charge >= 0.3 is 0 Å². The molecular weight excluding hydrogens is 254 g/mol. The molecule has 0 unspecified atom stereocenters. The summed E-state index contributed by atoms with van der Waals surface area (Å²) in [6, 6.07) is 1.59. The minimum Gasteiger partial charge on any atom is -0.397 e. The second kappa shape index (κ2) is 7.09. The lowest BCUT2D eigenvalue weighted by Crippen LogP contribution is -2.36. The van der Waals surface area contributed by atoms with Crippen LogP contribution in [-0.2, 0) is 0 Å². The van der Waals surface area contributed by atoms with E-state index in [-0.39, 0.29) is 0 Å². The van der Waals surface area contributed by atoms with Crippen LogP contribution in [0.15, 0.2) is 12.3 Å². The number of hydrogen-bond acceptors (Lipinski definition) is 5. The first-order valence-electron chi connectivity index (χ1n) is 6.76. The van der Waals surface area contributed by atoms with E-state index in [1.807, 2.05) is 14.1 Å². The lowest BCUT2D eigenvalue weighted by molar-refractivity contribution is 0.100. The Labute approximate surface area is 120 Å². The van der Waals surface area contributed by atoms with E-state index < -0.39 is 5.91 Å². The topological polar surface area (TPSA) is 88.5 Å². The number of pyridine rings is 1. The maximum atomic E-state index is 11.6. The summed E-state index contributed by atoms with van der Waals surface area (Å²) < 4.78 is 0. The van der Waals surface area contributed by atoms with Crippen molar-refractivity contribution in [2.45, 2.75) is 13.8 Å². The predicted octanol–water partition coefficient (Wildman–Crippen LogP) is 0.787. The lowest BCUT2D eigenvalue weighted by Gasteiger charge is -2.28. The number of nitrogen functional groups attached to an aromatic ring is 1. The number of aromatic nitrogens is 1. The molecule has 1 amide bonds. The van der Waals surface area contributed by atoms with Gasteiger partial charge in [0.1, 0.15) is 5.82 Å². The molecule has 0 bridgehead atoms. The fourth-order valence-electron chi connectivity index (χ4n) is 1.95. The number of primary amides is 1. The molecule has 4 N–H and O–H groups in total. The van der Waals surface area contributed by atoms with Gasteiger partial charge < -0.3 is 21.3 Å². The van der Waals surface area contributed by atoms with E-state index in [1.54, 1.807) is 12.3 Å². The highest BCUT2D eigenvalue weighted by Gasteiger charge is 2.18. The van der Waals surface area contributed by atoms with Crippen molar-refractivity contribution in [3.05, 3.63) is 17.8 Å². The third-order valence-electron chi connectivity index (χ3n) is 2.86. The summed E-state index contributed by atoms with van der Waals surface area (Å²) >= 11 is 0. The van der Waals surface area contributed by atoms with Gasteiger partial charge in [0.15, 0.2) is 0 Å². The van der Waals surface area contributed by atoms with Gasteiger partial charge in [0.05, 0.1) is 17.4 Å². The maximum Gasteiger partial charge on any atom is 0.252 e. The number of carbonyl (C=O) groups is 1. The van der Waals surface area contributed by atoms with E-state index in [9.17, 15) is 4.79 Å². The van der Waals surface area contributed by atoms with Crippen molar-refractivity contribution in [2.75, 3.05) is 44.4 Å². The van der Waals surface area contributed by atoms with E-state index in [0.717, 1.165) is 19.6 Å². The minimum atomic E-state index is -0.501. The second-order valence-electron chi connectivity index (χ2n) is 5.65. The molecule has 0 fully saturated rings. The summed E-state index contributed by atoms with van der Waals surface area (Å²) in [5.74, 6) is 0.568. The molecule has 112 valence electrons. The van der Waals surface area contributed by atoms with Gasteiger partial charge in [-0.15, -0.1) is 0 Å². The Morgan fingerprint density at radius 2 is 2.00 bits per heavy atom. The zero-order valence-corrected chi connectivity index (χ0v) is 12.8. The number of likely N-dealkylation sites (N-methyl/N-ethyl adjacent to an activating group) is 1. The SMILES string of the molecule is CC(C)CN(CCN(C)C)c1ncc(N)cc1C(N)=O. The molecule has 0 saturated carbocycles. The third kappa shape index (κ3) is 4.70. The molecule has 6 nitrogen and oxygen atoms in total. The summed E-state index contributed by atoms with van der Waals surface area (Å²) in [4.78, 5) is 20.1. The fourth-order valence-corrected chi connectivity index (χ4v) is 1.95. The van der Waals surface area contributed by atoms with Crippen molar-refractivity contribution in [3.8, 4) is 0 Å². The summed E-state index contributed by atoms with van der Waals surface area (Å²) in [7, 11) is 4.03. The molecule has 20 heavy (non-hydrogen) atoms. The van der Waals surface area contributed by atoms with Gasteiger partial charge in [-0.1, -0.05) is 13.8 Å². The van der Waals surface area contributed by atoms with Crippen LogP contribution < -0.4 is 16.4 Å². The Hall–Kier alpha value is -1.82. The number of rotatable bonds is 7. The molecule has 0 aliphatic rings. The van der Waals surface area contributed by atoms with Crippen LogP contribution >= 0.6 is 0 Å². The lowest BCUT2D eigenvalue weighted by atomic mass is 10.1. The zero-order valence-electron chi connectivity index (χ0n) is 12.8. The molecule has 0 spiro atoms. The normalized spacial score (nSPS) is 11.1. The Morgan fingerprint density at radius 1 is 1.35 bits per heavy atom. The second-order valence-corrected chi connectivity index (χ2v) is 5.65. The van der Waals surface area contributed by atoms with Crippen LogP contribution in [0.1, 0.15) is 24.2 Å². The Morgan fingerprint density at radius 3 is 2.50 bits per heavy atom. The van der Waals surface area contributed by atoms with Gasteiger partial charge in [0.2, 0.25) is 0 Å². The number of carbonyl (C=O) groups excluding carboxylic acids is 1. The molecule has 1 aromatic rings. The van der Waals surface area contributed by atoms with Crippen LogP contribution in [0.2, 0.25) is 0 Å². The first kappa shape index (κ1) is 16.2. The average Bonchev–Trinajstić information content (AvgIpc) is 2.33. The standard InChI is InChI=1S/C14H25N5O/c1-10(2)9-19(6-5-18(3)4)14-12(13(16)20)7-11(15)8-17-14/h7-8,10H,5-6,9,15H2,1-4H3,(H2,16,20). The average molecular weight is 279 g/mol. The minimum absolute atomic E-state index is 0.379. The van der Waals surface area contributed by atoms with Crippen molar-refractivity contribution >= 4 is 17.4 Å². The van der Waals surface area contributed by atoms with Gasteiger partial charge in [0.25, 0.3) is 5.91 Å². The summed E-state index contributed by atoms with van der Waals surface area (Å²) in [5.41, 5.74) is 12.0. The van der Waals surface area contributed by atoms with Crippen LogP contribution in [0.25, 0.3) is 0 Å². The van der Waals surface area contributed by atoms with Gasteiger partial charge in [-0.2, -0.15) is 0 Å². The monoisotopic (exact) mass is 279 g/mol. The van der Waals surface area contributed by atoms with Gasteiger partial charge in [0, 0.05) is 19.6 Å². The van der Waals surface area contributed by atoms with E-state index in [0.29, 0.717) is 23.0 Å². The van der Waals surface area contributed by atoms with E-state index in [2.05, 4.69) is 28.6 Å². The third-order valence-corrected chi connectivity index (χ3v) is 2.86. The Bertz CT molecular complexity index is 459. The molecule has 1 rings (SSSR count). The van der Waals surface area contributed by atoms with E-state index >= 15 is 0 Å². The molecule has 6 heteroatoms. The van der Waals surface area contributed by atoms with Crippen molar-refractivity contribution in [3.63, 3.8) is 0 Å². The highest BCUT2D eigenvalue weighted by atomic mass is 16.1. The number of anilines is 2. The highest BCUT2D eigenvalue weighted by Crippen LogP contribution is 2.20. The van der Waals surface area contributed by atoms with Crippen LogP contribution in [0, 0.1) is 5.92 Å². The number of amides is 1. The summed E-state index contributed by atoms with van der Waals surface area (Å²) in [6.07, 6.45) is 1.56. The van der Waals surface area contributed by atoms with Gasteiger partial charge in [-0.25, -0.2) is 4.98 Å². The van der Waals surface area contributed by atoms with Crippen molar-refractivity contribution < 1.29 is 4.79 Å². The quantitative estimate of drug-likeness (QED) is 0.770. The Balaban J connectivity index is 3.08. The summed E-state index contributed by atoms with van der Waals surface area (Å²) in [6.45, 7) is 6.72. The summed E-state index contributed by atoms with van der Waals surface area (Å²) in [5, 5.41) is 0. The van der Waals surface area contributed by atoms with E-state index in [4.69, 9.17) is 11.5 Å². The van der Waals surface area contributed by atoms with Gasteiger partial charge in [-0.05, 0) is 26.1 Å². The Kier molecular flexibility index (Phi) is 5.76. The van der Waals surface area contributed by atoms with Crippen molar-refractivity contribution in [1.82, 2.24) is 9.88 Å². The first-order chi connectivity index (χ1) is 9.31. The number of hydrogen-bond donors (Lipinski definition) is 2. The maximum absolute atomic E-state index is 11.6. The van der Waals surface area contributed by atoms with Crippen molar-refractivity contribution in [2.24, 2.45) is 11.7 Å². The zero-order chi connectivity index (χ0) is 15.3. The predicted molar refractivity (Wildman–Crippen MR) is 82.8 cm³/mol. The fraction of sp³-hybridized carbons (Fsp3) is 0.571. The van der Waals surface area contributed by atoms with Crippen LogP contribution in [0.4, 0.5) is 11.5 Å². The molecule has 0 atom stereocenters. The molecule has 1 aromatic heterocycles. The largest absolute Gasteiger partial charge is 0.397 e. The van der Waals surface area contributed by atoms with Crippen molar-refractivity contribution in [1.29, 1.82) is 0 Å². The molecule has 0 saturated heterocycles. The molecular formula is C14H25N5O. The van der Waals surface area contributed by atoms with Crippen LogP contribution in [0.3, 0.4) is 0 Å². The number of nitrogens with two attached hydrogens (primary N) is 2. The van der Waals surface area contributed by atoms with Gasteiger partial charge in [-0.3, -0.25) is 4.79 Å². The molecule has 0 aromatic carbocycles. The van der Waals surface area contributed by atoms with Crippen LogP contribution in [0.5, 0.6) is 0 Å². The number of nitrogens with zero attached hydrogens (tertiary/aromatic N) is 3. The molecule has 1 heterocycles.